The first-order chi connectivity index (χ1) is 20.0. The van der Waals surface area contributed by atoms with Crippen LogP contribution in [-0.2, 0) is 0 Å². The standard InChI is InChI=1S/C42H70/c1-27(12-13-28(2)26-42(8)32(6)24-33-21-29(3)22-35(42)25-33)14-15-30(4)36-16-17-38-37(36)18-19-39-40(38)31(5)23-34-11-9-10-20-41(34,39)7/h29-40H,1-2,9-26H2,3-8H3. The van der Waals surface area contributed by atoms with Gasteiger partial charge in [0.05, 0.1) is 0 Å². The van der Waals surface area contributed by atoms with Gasteiger partial charge >= 0.3 is 0 Å². The zero-order valence-electron chi connectivity index (χ0n) is 29.1. The van der Waals surface area contributed by atoms with Gasteiger partial charge in [-0.05, 0) is 185 Å². The Morgan fingerprint density at radius 2 is 1.52 bits per heavy atom. The first kappa shape index (κ1) is 31.5. The maximum absolute atomic E-state index is 4.66. The molecule has 0 aromatic carbocycles. The van der Waals surface area contributed by atoms with Gasteiger partial charge in [0.25, 0.3) is 0 Å². The van der Waals surface area contributed by atoms with Crippen LogP contribution in [0.15, 0.2) is 24.3 Å². The van der Waals surface area contributed by atoms with Crippen molar-refractivity contribution < 1.29 is 0 Å². The third-order valence-corrected chi connectivity index (χ3v) is 16.2. The molecule has 0 heterocycles. The number of rotatable bonds is 9. The zero-order valence-corrected chi connectivity index (χ0v) is 29.1. The second-order valence-electron chi connectivity index (χ2n) is 18.7. The molecule has 6 saturated carbocycles. The van der Waals surface area contributed by atoms with Crippen LogP contribution in [0, 0.1) is 81.8 Å². The lowest BCUT2D eigenvalue weighted by molar-refractivity contribution is -0.114. The number of hydrogen-bond acceptors (Lipinski definition) is 0. The summed E-state index contributed by atoms with van der Waals surface area (Å²) >= 11 is 0. The molecule has 2 bridgehead atoms. The molecule has 238 valence electrons. The van der Waals surface area contributed by atoms with Gasteiger partial charge in [-0.1, -0.05) is 78.7 Å². The summed E-state index contributed by atoms with van der Waals surface area (Å²) in [6.07, 6.45) is 25.9. The number of fused-ring (bicyclic) bond motifs is 7. The van der Waals surface area contributed by atoms with Crippen LogP contribution in [-0.4, -0.2) is 0 Å². The molecule has 6 fully saturated rings. The molecule has 42 heavy (non-hydrogen) atoms. The summed E-state index contributed by atoms with van der Waals surface area (Å²) < 4.78 is 0. The van der Waals surface area contributed by atoms with Crippen LogP contribution in [0.3, 0.4) is 0 Å². The first-order valence-electron chi connectivity index (χ1n) is 19.3. The lowest BCUT2D eigenvalue weighted by Crippen LogP contribution is -2.53. The van der Waals surface area contributed by atoms with Crippen molar-refractivity contribution in [3.8, 4) is 0 Å². The van der Waals surface area contributed by atoms with Crippen molar-refractivity contribution in [2.45, 2.75) is 157 Å². The van der Waals surface area contributed by atoms with Crippen molar-refractivity contribution in [3.63, 3.8) is 0 Å². The normalized spacial score (nSPS) is 49.0. The van der Waals surface area contributed by atoms with E-state index in [1.807, 2.05) is 0 Å². The predicted octanol–water partition coefficient (Wildman–Crippen LogP) is 12.7. The van der Waals surface area contributed by atoms with E-state index in [0.717, 1.165) is 71.0 Å². The van der Waals surface area contributed by atoms with Crippen LogP contribution < -0.4 is 0 Å². The molecule has 6 aliphatic carbocycles. The van der Waals surface area contributed by atoms with Gasteiger partial charge in [0.2, 0.25) is 0 Å². The average Bonchev–Trinajstić information content (AvgIpc) is 3.38. The monoisotopic (exact) mass is 575 g/mol. The van der Waals surface area contributed by atoms with Gasteiger partial charge < -0.3 is 0 Å². The van der Waals surface area contributed by atoms with E-state index in [0.29, 0.717) is 10.8 Å². The van der Waals surface area contributed by atoms with Gasteiger partial charge in [0.1, 0.15) is 0 Å². The summed E-state index contributed by atoms with van der Waals surface area (Å²) in [5.41, 5.74) is 4.17. The predicted molar refractivity (Wildman–Crippen MR) is 182 cm³/mol. The molecule has 0 spiro atoms. The van der Waals surface area contributed by atoms with Crippen LogP contribution >= 0.6 is 0 Å². The van der Waals surface area contributed by atoms with Gasteiger partial charge in [-0.3, -0.25) is 0 Å². The van der Waals surface area contributed by atoms with Crippen LogP contribution in [0.4, 0.5) is 0 Å². The second kappa shape index (κ2) is 12.3. The lowest BCUT2D eigenvalue weighted by Gasteiger charge is -2.60. The Morgan fingerprint density at radius 1 is 0.762 bits per heavy atom. The van der Waals surface area contributed by atoms with Crippen LogP contribution in [0.1, 0.15) is 157 Å². The Balaban J connectivity index is 0.973. The van der Waals surface area contributed by atoms with Gasteiger partial charge in [0.15, 0.2) is 0 Å². The Bertz CT molecular complexity index is 969. The van der Waals surface area contributed by atoms with Crippen molar-refractivity contribution in [1.29, 1.82) is 0 Å². The fraction of sp³-hybridized carbons (Fsp3) is 0.905. The van der Waals surface area contributed by atoms with Crippen molar-refractivity contribution in [3.05, 3.63) is 24.3 Å². The van der Waals surface area contributed by atoms with Gasteiger partial charge in [-0.25, -0.2) is 0 Å². The second-order valence-corrected chi connectivity index (χ2v) is 18.7. The average molecular weight is 575 g/mol. The minimum absolute atomic E-state index is 0.473. The molecule has 0 amide bonds. The van der Waals surface area contributed by atoms with E-state index in [2.05, 4.69) is 54.7 Å². The van der Waals surface area contributed by atoms with E-state index in [1.165, 1.54) is 101 Å². The summed E-state index contributed by atoms with van der Waals surface area (Å²) in [6, 6.07) is 0. The first-order valence-corrected chi connectivity index (χ1v) is 19.3. The highest BCUT2D eigenvalue weighted by atomic mass is 14.6. The Morgan fingerprint density at radius 3 is 2.33 bits per heavy atom. The van der Waals surface area contributed by atoms with E-state index < -0.39 is 0 Å². The van der Waals surface area contributed by atoms with Gasteiger partial charge in [-0.2, -0.15) is 0 Å². The molecule has 14 atom stereocenters. The summed E-state index contributed by atoms with van der Waals surface area (Å²) in [5.74, 6) is 11.7. The largest absolute Gasteiger partial charge is 0.0999 e. The lowest BCUT2D eigenvalue weighted by atomic mass is 9.45. The molecule has 0 saturated heterocycles. The molecule has 14 unspecified atom stereocenters. The molecule has 0 radical (unpaired) electrons. The maximum Gasteiger partial charge on any atom is -0.0234 e. The fourth-order valence-electron chi connectivity index (χ4n) is 13.8. The Hall–Kier alpha value is -0.520. The third kappa shape index (κ3) is 5.79. The van der Waals surface area contributed by atoms with E-state index in [1.54, 1.807) is 25.7 Å². The van der Waals surface area contributed by atoms with E-state index in [9.17, 15) is 0 Å². The molecule has 6 rings (SSSR count). The molecule has 0 N–H and O–H groups in total. The number of hydrogen-bond donors (Lipinski definition) is 0. The highest BCUT2D eigenvalue weighted by Crippen LogP contribution is 2.66. The molecule has 0 aromatic heterocycles. The van der Waals surface area contributed by atoms with Crippen LogP contribution in [0.5, 0.6) is 0 Å². The Kier molecular flexibility index (Phi) is 9.25. The van der Waals surface area contributed by atoms with Crippen LogP contribution in [0.2, 0.25) is 0 Å². The zero-order chi connectivity index (χ0) is 29.8. The number of allylic oxidation sites excluding steroid dienone is 2. The molecular formula is C42H70. The smallest absolute Gasteiger partial charge is 0.0234 e. The molecule has 0 nitrogen and oxygen atoms in total. The van der Waals surface area contributed by atoms with E-state index in [4.69, 9.17) is 0 Å². The summed E-state index contributed by atoms with van der Waals surface area (Å²) in [7, 11) is 0. The molecule has 6 aliphatic rings. The van der Waals surface area contributed by atoms with E-state index in [-0.39, 0.29) is 0 Å². The third-order valence-electron chi connectivity index (χ3n) is 16.2. The highest BCUT2D eigenvalue weighted by Gasteiger charge is 2.58. The molecular weight excluding hydrogens is 504 g/mol. The van der Waals surface area contributed by atoms with Crippen molar-refractivity contribution in [1.82, 2.24) is 0 Å². The van der Waals surface area contributed by atoms with E-state index >= 15 is 0 Å². The van der Waals surface area contributed by atoms with Gasteiger partial charge in [0, 0.05) is 0 Å². The van der Waals surface area contributed by atoms with Crippen molar-refractivity contribution >= 4 is 0 Å². The summed E-state index contributed by atoms with van der Waals surface area (Å²) in [6.45, 7) is 25.0. The molecule has 0 aliphatic heterocycles. The minimum atomic E-state index is 0.473. The fourth-order valence-corrected chi connectivity index (χ4v) is 13.8. The Labute approximate surface area is 262 Å². The van der Waals surface area contributed by atoms with Gasteiger partial charge in [-0.15, -0.1) is 0 Å². The maximum atomic E-state index is 4.66. The topological polar surface area (TPSA) is 0 Å². The summed E-state index contributed by atoms with van der Waals surface area (Å²) in [5, 5.41) is 0. The quantitative estimate of drug-likeness (QED) is 0.240. The van der Waals surface area contributed by atoms with Crippen LogP contribution in [0.25, 0.3) is 0 Å². The minimum Gasteiger partial charge on any atom is -0.0999 e. The molecule has 0 heteroatoms. The summed E-state index contributed by atoms with van der Waals surface area (Å²) in [4.78, 5) is 0. The van der Waals surface area contributed by atoms with Crippen molar-refractivity contribution in [2.24, 2.45) is 81.8 Å². The SMILES string of the molecule is C=C(CCC(=C)CC1(C)C(C)CC2CC(C)CC1C2)CCC(C)C1CCC2C1CCC1C2C(C)CC2CCCCC21C. The highest BCUT2D eigenvalue weighted by molar-refractivity contribution is 5.10. The molecule has 0 aromatic rings. The van der Waals surface area contributed by atoms with Crippen molar-refractivity contribution in [2.75, 3.05) is 0 Å².